The van der Waals surface area contributed by atoms with E-state index in [1.165, 1.54) is 4.90 Å². The first-order valence-electron chi connectivity index (χ1n) is 9.98. The minimum absolute atomic E-state index is 0.0822. The van der Waals surface area contributed by atoms with Gasteiger partial charge in [-0.3, -0.25) is 19.0 Å². The van der Waals surface area contributed by atoms with Crippen LogP contribution in [0.3, 0.4) is 0 Å². The summed E-state index contributed by atoms with van der Waals surface area (Å²) in [7, 11) is 1.58. The lowest BCUT2D eigenvalue weighted by Gasteiger charge is -2.32. The standard InChI is InChI=1S/C21H26N4O4S/c1-3-29-20(28)15-8-7-11-24(13-15)18(26)14-23(2)19(27)17-12-22-21(30)25(17)16-9-5-4-6-10-16/h4-6,9-10,12,15H,3,7-8,11,13-14H2,1-2H3,(H,22,30). The van der Waals surface area contributed by atoms with Crippen molar-refractivity contribution in [3.8, 4) is 5.69 Å². The number of nitrogens with zero attached hydrogens (tertiary/aromatic N) is 3. The number of para-hydroxylation sites is 1. The molecule has 2 heterocycles. The Labute approximate surface area is 180 Å². The van der Waals surface area contributed by atoms with Crippen LogP contribution in [0.2, 0.25) is 0 Å². The highest BCUT2D eigenvalue weighted by Gasteiger charge is 2.30. The topological polar surface area (TPSA) is 87.6 Å². The first-order valence-corrected chi connectivity index (χ1v) is 10.4. The Balaban J connectivity index is 1.69. The molecule has 0 bridgehead atoms. The number of hydrogen-bond donors (Lipinski definition) is 1. The summed E-state index contributed by atoms with van der Waals surface area (Å²) in [6.45, 7) is 2.90. The first kappa shape index (κ1) is 21.8. The normalized spacial score (nSPS) is 16.2. The van der Waals surface area contributed by atoms with E-state index >= 15 is 0 Å². The van der Waals surface area contributed by atoms with Gasteiger partial charge in [-0.15, -0.1) is 0 Å². The van der Waals surface area contributed by atoms with Crippen LogP contribution >= 0.6 is 12.2 Å². The molecule has 1 aliphatic heterocycles. The van der Waals surface area contributed by atoms with Gasteiger partial charge in [-0.25, -0.2) is 0 Å². The Morgan fingerprint density at radius 3 is 2.70 bits per heavy atom. The quantitative estimate of drug-likeness (QED) is 0.562. The Morgan fingerprint density at radius 1 is 1.27 bits per heavy atom. The molecule has 1 aromatic carbocycles. The van der Waals surface area contributed by atoms with E-state index in [1.54, 1.807) is 29.6 Å². The molecule has 2 aromatic rings. The van der Waals surface area contributed by atoms with E-state index in [0.29, 0.717) is 36.6 Å². The van der Waals surface area contributed by atoms with Crippen molar-refractivity contribution in [2.45, 2.75) is 19.8 Å². The second-order valence-corrected chi connectivity index (χ2v) is 7.63. The van der Waals surface area contributed by atoms with Crippen LogP contribution in [0.5, 0.6) is 0 Å². The van der Waals surface area contributed by atoms with Crippen LogP contribution in [-0.2, 0) is 14.3 Å². The van der Waals surface area contributed by atoms with Crippen molar-refractivity contribution in [2.75, 3.05) is 33.3 Å². The number of rotatable bonds is 6. The van der Waals surface area contributed by atoms with E-state index in [9.17, 15) is 14.4 Å². The third kappa shape index (κ3) is 4.79. The molecular formula is C21H26N4O4S. The largest absolute Gasteiger partial charge is 0.466 e. The molecule has 1 aromatic heterocycles. The molecule has 1 unspecified atom stereocenters. The highest BCUT2D eigenvalue weighted by Crippen LogP contribution is 2.19. The molecule has 160 valence electrons. The third-order valence-corrected chi connectivity index (χ3v) is 5.42. The molecule has 0 saturated carbocycles. The number of likely N-dealkylation sites (tertiary alicyclic amines) is 1. The minimum Gasteiger partial charge on any atom is -0.466 e. The van der Waals surface area contributed by atoms with Gasteiger partial charge in [-0.1, -0.05) is 18.2 Å². The van der Waals surface area contributed by atoms with Gasteiger partial charge < -0.3 is 19.5 Å². The van der Waals surface area contributed by atoms with Crippen molar-refractivity contribution in [1.29, 1.82) is 0 Å². The van der Waals surface area contributed by atoms with Crippen molar-refractivity contribution in [1.82, 2.24) is 19.4 Å². The average molecular weight is 431 g/mol. The molecule has 1 saturated heterocycles. The van der Waals surface area contributed by atoms with Crippen molar-refractivity contribution in [3.05, 3.63) is 47.0 Å². The van der Waals surface area contributed by atoms with Gasteiger partial charge in [0.1, 0.15) is 5.69 Å². The van der Waals surface area contributed by atoms with Gasteiger partial charge in [0.15, 0.2) is 4.77 Å². The lowest BCUT2D eigenvalue weighted by molar-refractivity contribution is -0.151. The lowest BCUT2D eigenvalue weighted by atomic mass is 9.98. The zero-order valence-electron chi connectivity index (χ0n) is 17.2. The van der Waals surface area contributed by atoms with Gasteiger partial charge in [-0.05, 0) is 44.1 Å². The summed E-state index contributed by atoms with van der Waals surface area (Å²) in [5.41, 5.74) is 1.12. The van der Waals surface area contributed by atoms with Crippen LogP contribution in [0.25, 0.3) is 5.69 Å². The SMILES string of the molecule is CCOC(=O)C1CCCN(C(=O)CN(C)C(=O)c2c[nH]c(=S)n2-c2ccccc2)C1. The average Bonchev–Trinajstić information content (AvgIpc) is 3.15. The minimum atomic E-state index is -0.321. The molecular weight excluding hydrogens is 404 g/mol. The molecule has 9 heteroatoms. The zero-order chi connectivity index (χ0) is 21.7. The number of carbonyl (C=O) groups excluding carboxylic acids is 3. The lowest BCUT2D eigenvalue weighted by Crippen LogP contribution is -2.47. The fourth-order valence-corrected chi connectivity index (χ4v) is 3.85. The number of aromatic nitrogens is 2. The van der Waals surface area contributed by atoms with Crippen LogP contribution in [0.15, 0.2) is 36.5 Å². The van der Waals surface area contributed by atoms with E-state index in [-0.39, 0.29) is 30.2 Å². The zero-order valence-corrected chi connectivity index (χ0v) is 18.0. The van der Waals surface area contributed by atoms with E-state index in [1.807, 2.05) is 30.3 Å². The number of carbonyl (C=O) groups is 3. The highest BCUT2D eigenvalue weighted by molar-refractivity contribution is 7.71. The number of piperidine rings is 1. The first-order chi connectivity index (χ1) is 14.4. The molecule has 1 N–H and O–H groups in total. The Hall–Kier alpha value is -2.94. The van der Waals surface area contributed by atoms with Crippen molar-refractivity contribution in [2.24, 2.45) is 5.92 Å². The number of nitrogens with one attached hydrogen (secondary N) is 1. The molecule has 1 atom stereocenters. The van der Waals surface area contributed by atoms with Gasteiger partial charge in [-0.2, -0.15) is 0 Å². The fourth-order valence-electron chi connectivity index (χ4n) is 3.59. The maximum Gasteiger partial charge on any atom is 0.310 e. The van der Waals surface area contributed by atoms with Crippen LogP contribution in [0, 0.1) is 10.7 Å². The number of amides is 2. The highest BCUT2D eigenvalue weighted by atomic mass is 32.1. The Bertz CT molecular complexity index is 969. The van der Waals surface area contributed by atoms with Crippen molar-refractivity contribution in [3.63, 3.8) is 0 Å². The molecule has 3 rings (SSSR count). The number of imidazole rings is 1. The molecule has 1 aliphatic rings. The van der Waals surface area contributed by atoms with Crippen molar-refractivity contribution >= 4 is 30.0 Å². The number of aromatic amines is 1. The predicted octanol–water partition coefficient (Wildman–Crippen LogP) is 2.41. The fraction of sp³-hybridized carbons (Fsp3) is 0.429. The third-order valence-electron chi connectivity index (χ3n) is 5.12. The second-order valence-electron chi connectivity index (χ2n) is 7.24. The summed E-state index contributed by atoms with van der Waals surface area (Å²) >= 11 is 5.33. The van der Waals surface area contributed by atoms with Crippen LogP contribution in [0.1, 0.15) is 30.3 Å². The van der Waals surface area contributed by atoms with Gasteiger partial charge in [0.25, 0.3) is 5.91 Å². The Morgan fingerprint density at radius 2 is 2.00 bits per heavy atom. The monoisotopic (exact) mass is 430 g/mol. The maximum absolute atomic E-state index is 13.0. The summed E-state index contributed by atoms with van der Waals surface area (Å²) in [6.07, 6.45) is 2.99. The number of esters is 1. The number of H-pyrrole nitrogens is 1. The van der Waals surface area contributed by atoms with Gasteiger partial charge in [0, 0.05) is 32.0 Å². The molecule has 0 spiro atoms. The maximum atomic E-state index is 13.0. The molecule has 30 heavy (non-hydrogen) atoms. The van der Waals surface area contributed by atoms with Gasteiger partial charge in [0.05, 0.1) is 19.1 Å². The molecule has 1 fully saturated rings. The smallest absolute Gasteiger partial charge is 0.310 e. The molecule has 8 nitrogen and oxygen atoms in total. The number of likely N-dealkylation sites (N-methyl/N-ethyl adjacent to an activating group) is 1. The van der Waals surface area contributed by atoms with Gasteiger partial charge in [0.2, 0.25) is 5.91 Å². The van der Waals surface area contributed by atoms with Crippen LogP contribution in [-0.4, -0.2) is 70.4 Å². The van der Waals surface area contributed by atoms with E-state index in [0.717, 1.165) is 12.1 Å². The van der Waals surface area contributed by atoms with E-state index in [2.05, 4.69) is 4.98 Å². The Kier molecular flexibility index (Phi) is 7.04. The van der Waals surface area contributed by atoms with E-state index < -0.39 is 0 Å². The molecule has 0 radical (unpaired) electrons. The van der Waals surface area contributed by atoms with Crippen molar-refractivity contribution < 1.29 is 19.1 Å². The van der Waals surface area contributed by atoms with E-state index in [4.69, 9.17) is 17.0 Å². The molecule has 0 aliphatic carbocycles. The van der Waals surface area contributed by atoms with Crippen LogP contribution in [0.4, 0.5) is 0 Å². The summed E-state index contributed by atoms with van der Waals surface area (Å²) in [5, 5.41) is 0. The number of hydrogen-bond acceptors (Lipinski definition) is 5. The summed E-state index contributed by atoms with van der Waals surface area (Å²) in [6, 6.07) is 9.32. The number of benzene rings is 1. The molecule has 2 amide bonds. The number of ether oxygens (including phenoxy) is 1. The second kappa shape index (κ2) is 9.71. The predicted molar refractivity (Wildman–Crippen MR) is 114 cm³/mol. The summed E-state index contributed by atoms with van der Waals surface area (Å²) in [5.74, 6) is -1.09. The summed E-state index contributed by atoms with van der Waals surface area (Å²) < 4.78 is 7.14. The van der Waals surface area contributed by atoms with Gasteiger partial charge >= 0.3 is 5.97 Å². The summed E-state index contributed by atoms with van der Waals surface area (Å²) in [4.78, 5) is 43.7. The van der Waals surface area contributed by atoms with Crippen LogP contribution < -0.4 is 0 Å².